The zero-order valence-corrected chi connectivity index (χ0v) is 21.8. The van der Waals surface area contributed by atoms with Gasteiger partial charge in [0.25, 0.3) is 0 Å². The second-order valence-electron chi connectivity index (χ2n) is 10.0. The first-order valence-electron chi connectivity index (χ1n) is 13.3. The molecule has 40 heavy (non-hydrogen) atoms. The molecule has 0 aromatic carbocycles. The van der Waals surface area contributed by atoms with Crippen molar-refractivity contribution >= 4 is 0 Å². The maximum atomic E-state index is 11.0. The maximum absolute atomic E-state index is 11.0. The number of aliphatic hydroxyl groups is 10. The molecule has 0 radical (unpaired) electrons. The molecule has 15 atom stereocenters. The van der Waals surface area contributed by atoms with Crippen LogP contribution in [0.1, 0.15) is 19.3 Å². The fourth-order valence-corrected chi connectivity index (χ4v) is 4.80. The van der Waals surface area contributed by atoms with Crippen molar-refractivity contribution in [1.82, 2.24) is 0 Å². The number of unbranched alkanes of at least 4 members (excludes halogenated alkanes) is 2. The average Bonchev–Trinajstić information content (AvgIpc) is 2.95. The Hall–Kier alpha value is -0.680. The van der Waals surface area contributed by atoms with Crippen LogP contribution in [0, 0.1) is 0 Å². The predicted molar refractivity (Wildman–Crippen MR) is 128 cm³/mol. The predicted octanol–water partition coefficient (Wildman–Crippen LogP) is -6.42. The molecule has 3 heterocycles. The van der Waals surface area contributed by atoms with Gasteiger partial charge in [-0.25, -0.2) is 0 Å². The molecule has 17 nitrogen and oxygen atoms in total. The van der Waals surface area contributed by atoms with Gasteiger partial charge in [-0.15, -0.1) is 0 Å². The second-order valence-corrected chi connectivity index (χ2v) is 10.0. The molecule has 3 aliphatic heterocycles. The zero-order chi connectivity index (χ0) is 29.6. The molecule has 3 fully saturated rings. The third kappa shape index (κ3) is 7.63. The summed E-state index contributed by atoms with van der Waals surface area (Å²) < 4.78 is 33.0. The molecule has 0 aromatic rings. The van der Waals surface area contributed by atoms with Gasteiger partial charge < -0.3 is 85.2 Å². The van der Waals surface area contributed by atoms with Crippen LogP contribution in [0.5, 0.6) is 0 Å². The molecule has 17 heteroatoms. The van der Waals surface area contributed by atoms with Crippen molar-refractivity contribution in [1.29, 1.82) is 0 Å². The molecule has 0 aliphatic carbocycles. The van der Waals surface area contributed by atoms with Crippen molar-refractivity contribution in [2.75, 3.05) is 33.0 Å². The molecule has 12 N–H and O–H groups in total. The Labute approximate surface area is 230 Å². The quantitative estimate of drug-likeness (QED) is 0.0890. The van der Waals surface area contributed by atoms with Crippen molar-refractivity contribution in [3.8, 4) is 0 Å². The Balaban J connectivity index is 1.70. The lowest BCUT2D eigenvalue weighted by Gasteiger charge is -2.48. The molecular formula is C23H43NO16. The molecule has 15 unspecified atom stereocenters. The summed E-state index contributed by atoms with van der Waals surface area (Å²) in [7, 11) is 0. The van der Waals surface area contributed by atoms with Crippen molar-refractivity contribution in [3.05, 3.63) is 0 Å². The van der Waals surface area contributed by atoms with Gasteiger partial charge in [0, 0.05) is 6.61 Å². The number of hydrogen-bond donors (Lipinski definition) is 11. The smallest absolute Gasteiger partial charge is 0.187 e. The zero-order valence-electron chi connectivity index (χ0n) is 21.8. The minimum atomic E-state index is -1.88. The first-order chi connectivity index (χ1) is 19.1. The van der Waals surface area contributed by atoms with E-state index in [1.54, 1.807) is 0 Å². The van der Waals surface area contributed by atoms with Gasteiger partial charge >= 0.3 is 0 Å². The van der Waals surface area contributed by atoms with Gasteiger partial charge in [0.05, 0.1) is 19.8 Å². The van der Waals surface area contributed by atoms with E-state index in [1.165, 1.54) is 0 Å². The van der Waals surface area contributed by atoms with Crippen molar-refractivity contribution < 1.29 is 79.5 Å². The monoisotopic (exact) mass is 589 g/mol. The third-order valence-corrected chi connectivity index (χ3v) is 7.20. The minimum Gasteiger partial charge on any atom is -0.394 e. The Bertz CT molecular complexity index is 735. The van der Waals surface area contributed by atoms with Crippen LogP contribution in [0.15, 0.2) is 0 Å². The van der Waals surface area contributed by atoms with Crippen LogP contribution in [0.2, 0.25) is 0 Å². The summed E-state index contributed by atoms with van der Waals surface area (Å²) in [4.78, 5) is 0. The minimum absolute atomic E-state index is 0.190. The first-order valence-corrected chi connectivity index (χ1v) is 13.3. The highest BCUT2D eigenvalue weighted by Crippen LogP contribution is 2.32. The Kier molecular flexibility index (Phi) is 13.3. The van der Waals surface area contributed by atoms with E-state index in [0.29, 0.717) is 13.0 Å². The van der Waals surface area contributed by atoms with E-state index in [0.717, 1.165) is 12.8 Å². The molecule has 0 bridgehead atoms. The molecule has 236 valence electrons. The molecule has 0 aromatic heterocycles. The van der Waals surface area contributed by atoms with E-state index in [1.807, 2.05) is 0 Å². The summed E-state index contributed by atoms with van der Waals surface area (Å²) >= 11 is 0. The number of aliphatic hydroxyl groups excluding tert-OH is 10. The van der Waals surface area contributed by atoms with Crippen molar-refractivity contribution in [2.24, 2.45) is 5.73 Å². The number of hydrogen-bond acceptors (Lipinski definition) is 17. The van der Waals surface area contributed by atoms with E-state index >= 15 is 0 Å². The van der Waals surface area contributed by atoms with Crippen molar-refractivity contribution in [2.45, 2.75) is 111 Å². The lowest BCUT2D eigenvalue weighted by Crippen LogP contribution is -2.66. The summed E-state index contributed by atoms with van der Waals surface area (Å²) in [5.41, 5.74) is 5.45. The van der Waals surface area contributed by atoms with E-state index in [2.05, 4.69) is 0 Å². The fraction of sp³-hybridized carbons (Fsp3) is 1.00. The van der Waals surface area contributed by atoms with Gasteiger partial charge in [-0.05, 0) is 25.8 Å². The second kappa shape index (κ2) is 15.7. The molecular weight excluding hydrogens is 546 g/mol. The normalized spacial score (nSPS) is 46.4. The summed E-state index contributed by atoms with van der Waals surface area (Å²) in [6.45, 7) is -1.53. The Morgan fingerprint density at radius 1 is 0.500 bits per heavy atom. The van der Waals surface area contributed by atoms with Gasteiger partial charge in [0.1, 0.15) is 73.2 Å². The van der Waals surface area contributed by atoms with E-state index in [4.69, 9.17) is 34.2 Å². The summed E-state index contributed by atoms with van der Waals surface area (Å²) in [5.74, 6) is 0. The largest absolute Gasteiger partial charge is 0.394 e. The molecule has 3 rings (SSSR count). The van der Waals surface area contributed by atoms with Gasteiger partial charge in [-0.1, -0.05) is 0 Å². The van der Waals surface area contributed by atoms with Crippen LogP contribution in [0.4, 0.5) is 0 Å². The van der Waals surface area contributed by atoms with E-state index in [9.17, 15) is 51.1 Å². The fourth-order valence-electron chi connectivity index (χ4n) is 4.80. The average molecular weight is 590 g/mol. The van der Waals surface area contributed by atoms with Gasteiger partial charge in [-0.3, -0.25) is 0 Å². The van der Waals surface area contributed by atoms with Crippen LogP contribution in [0.25, 0.3) is 0 Å². The molecule has 3 saturated heterocycles. The van der Waals surface area contributed by atoms with Crippen LogP contribution >= 0.6 is 0 Å². The number of ether oxygens (including phenoxy) is 6. The Morgan fingerprint density at radius 2 is 1.02 bits per heavy atom. The van der Waals surface area contributed by atoms with Crippen LogP contribution in [-0.4, -0.2) is 176 Å². The summed E-state index contributed by atoms with van der Waals surface area (Å²) in [5, 5.41) is 102. The molecule has 0 saturated carbocycles. The lowest BCUT2D eigenvalue weighted by molar-refractivity contribution is -0.380. The van der Waals surface area contributed by atoms with Crippen LogP contribution in [0.3, 0.4) is 0 Å². The number of nitrogens with two attached hydrogens (primary N) is 1. The molecule has 0 amide bonds. The van der Waals surface area contributed by atoms with E-state index < -0.39 is 112 Å². The third-order valence-electron chi connectivity index (χ3n) is 7.20. The van der Waals surface area contributed by atoms with Crippen LogP contribution in [-0.2, 0) is 28.4 Å². The van der Waals surface area contributed by atoms with Gasteiger partial charge in [-0.2, -0.15) is 0 Å². The summed E-state index contributed by atoms with van der Waals surface area (Å²) in [6.07, 6.45) is -22.1. The molecule has 3 aliphatic rings. The lowest BCUT2D eigenvalue weighted by atomic mass is 9.96. The van der Waals surface area contributed by atoms with Gasteiger partial charge in [0.2, 0.25) is 0 Å². The van der Waals surface area contributed by atoms with Crippen molar-refractivity contribution in [3.63, 3.8) is 0 Å². The van der Waals surface area contributed by atoms with Crippen LogP contribution < -0.4 is 5.73 Å². The Morgan fingerprint density at radius 3 is 1.62 bits per heavy atom. The highest BCUT2D eigenvalue weighted by Gasteiger charge is 2.53. The highest BCUT2D eigenvalue weighted by molar-refractivity contribution is 4.96. The topological polar surface area (TPSA) is 284 Å². The SMILES string of the molecule is NCCCCCOC1OC(CO)C(OC2OC(CO)C(O)C(OC3OC(CO)C(O)C(O)C3O)C2O)C(O)C1O. The standard InChI is InChI=1S/C23H43NO16/c24-4-2-1-3-5-35-21-17(33)15(31)19(11(8-27)38-21)39-23-18(34)20(13(29)10(7-26)37-23)40-22-16(32)14(30)12(28)9(6-25)36-22/h9-23,25-34H,1-8,24H2. The highest BCUT2D eigenvalue weighted by atomic mass is 16.8. The maximum Gasteiger partial charge on any atom is 0.187 e. The number of rotatable bonds is 13. The van der Waals surface area contributed by atoms with Gasteiger partial charge in [0.15, 0.2) is 18.9 Å². The summed E-state index contributed by atoms with van der Waals surface area (Å²) in [6, 6.07) is 0. The van der Waals surface area contributed by atoms with E-state index in [-0.39, 0.29) is 6.61 Å². The molecule has 0 spiro atoms. The first kappa shape index (κ1) is 33.8.